The number of imide groups is 1. The maximum absolute atomic E-state index is 12.9. The fraction of sp³-hybridized carbons (Fsp3) is 0.529. The molecular weight excluding hydrogens is 280 g/mol. The Morgan fingerprint density at radius 2 is 2.18 bits per heavy atom. The molecule has 1 spiro atoms. The Hall–Kier alpha value is -2.04. The Morgan fingerprint density at radius 3 is 2.91 bits per heavy atom. The van der Waals surface area contributed by atoms with E-state index in [9.17, 15) is 9.59 Å². The van der Waals surface area contributed by atoms with E-state index in [4.69, 9.17) is 4.74 Å². The number of amides is 3. The highest BCUT2D eigenvalue weighted by molar-refractivity contribution is 6.07. The third-order valence-corrected chi connectivity index (χ3v) is 4.98. The number of carbonyl (C=O) groups is 2. The summed E-state index contributed by atoms with van der Waals surface area (Å²) in [5.41, 5.74) is 0.206. The summed E-state index contributed by atoms with van der Waals surface area (Å²) in [6.07, 6.45) is 3.84. The van der Waals surface area contributed by atoms with Gasteiger partial charge in [-0.25, -0.2) is 4.79 Å². The molecule has 2 atom stereocenters. The first-order valence-corrected chi connectivity index (χ1v) is 7.84. The van der Waals surface area contributed by atoms with Crippen LogP contribution in [0.5, 0.6) is 5.75 Å². The van der Waals surface area contributed by atoms with Gasteiger partial charge in [0, 0.05) is 0 Å². The van der Waals surface area contributed by atoms with Crippen molar-refractivity contribution in [3.05, 3.63) is 29.8 Å². The van der Waals surface area contributed by atoms with Crippen LogP contribution >= 0.6 is 0 Å². The summed E-state index contributed by atoms with van der Waals surface area (Å²) in [7, 11) is 1.60. The van der Waals surface area contributed by atoms with Gasteiger partial charge in [-0.2, -0.15) is 0 Å². The molecule has 3 amide bonds. The van der Waals surface area contributed by atoms with E-state index < -0.39 is 5.54 Å². The van der Waals surface area contributed by atoms with Crippen molar-refractivity contribution in [2.45, 2.75) is 44.7 Å². The van der Waals surface area contributed by atoms with Gasteiger partial charge in [0.15, 0.2) is 0 Å². The van der Waals surface area contributed by atoms with E-state index in [0.29, 0.717) is 0 Å². The zero-order chi connectivity index (χ0) is 15.7. The zero-order valence-corrected chi connectivity index (χ0v) is 13.1. The molecule has 1 heterocycles. The third kappa shape index (κ3) is 2.34. The van der Waals surface area contributed by atoms with Gasteiger partial charge in [-0.05, 0) is 36.5 Å². The normalized spacial score (nSPS) is 28.1. The molecule has 1 aliphatic carbocycles. The highest BCUT2D eigenvalue weighted by Gasteiger charge is 2.54. The lowest BCUT2D eigenvalue weighted by atomic mass is 9.73. The largest absolute Gasteiger partial charge is 0.497 e. The van der Waals surface area contributed by atoms with Crippen molar-refractivity contribution in [1.82, 2.24) is 10.2 Å². The second-order valence-corrected chi connectivity index (χ2v) is 6.29. The van der Waals surface area contributed by atoms with Crippen molar-refractivity contribution >= 4 is 11.9 Å². The minimum Gasteiger partial charge on any atom is -0.497 e. The lowest BCUT2D eigenvalue weighted by Gasteiger charge is -2.36. The van der Waals surface area contributed by atoms with Crippen LogP contribution in [0.1, 0.15) is 38.2 Å². The number of hydrogen-bond donors (Lipinski definition) is 1. The van der Waals surface area contributed by atoms with E-state index >= 15 is 0 Å². The molecule has 1 aromatic carbocycles. The van der Waals surface area contributed by atoms with Crippen molar-refractivity contribution in [3.63, 3.8) is 0 Å². The molecule has 118 valence electrons. The van der Waals surface area contributed by atoms with Crippen LogP contribution in [0.2, 0.25) is 0 Å². The summed E-state index contributed by atoms with van der Waals surface area (Å²) < 4.78 is 5.20. The fourth-order valence-electron chi connectivity index (χ4n) is 3.59. The lowest BCUT2D eigenvalue weighted by Crippen LogP contribution is -2.53. The van der Waals surface area contributed by atoms with Crippen LogP contribution in [0.3, 0.4) is 0 Å². The number of nitrogens with zero attached hydrogens (tertiary/aromatic N) is 1. The Labute approximate surface area is 130 Å². The Morgan fingerprint density at radius 1 is 1.36 bits per heavy atom. The molecule has 1 saturated carbocycles. The molecular formula is C17H22N2O3. The Balaban J connectivity index is 1.82. The lowest BCUT2D eigenvalue weighted by molar-refractivity contribution is -0.134. The van der Waals surface area contributed by atoms with E-state index in [1.54, 1.807) is 7.11 Å². The van der Waals surface area contributed by atoms with Crippen molar-refractivity contribution in [2.75, 3.05) is 7.11 Å². The minimum atomic E-state index is -0.686. The summed E-state index contributed by atoms with van der Waals surface area (Å²) in [4.78, 5) is 26.5. The monoisotopic (exact) mass is 302 g/mol. The van der Waals surface area contributed by atoms with Crippen LogP contribution < -0.4 is 10.1 Å². The SMILES string of the molecule is COc1cccc(CN2C(=O)N[C@@]3(CCCC[C@@H]3C)C2=O)c1. The van der Waals surface area contributed by atoms with Gasteiger partial charge in [-0.1, -0.05) is 31.9 Å². The summed E-state index contributed by atoms with van der Waals surface area (Å²) >= 11 is 0. The van der Waals surface area contributed by atoms with E-state index in [0.717, 1.165) is 37.0 Å². The highest BCUT2D eigenvalue weighted by atomic mass is 16.5. The van der Waals surface area contributed by atoms with Crippen LogP contribution in [0.4, 0.5) is 4.79 Å². The summed E-state index contributed by atoms with van der Waals surface area (Å²) in [5, 5.41) is 2.97. The number of carbonyl (C=O) groups excluding carboxylic acids is 2. The van der Waals surface area contributed by atoms with Crippen LogP contribution in [0.25, 0.3) is 0 Å². The molecule has 1 aromatic rings. The molecule has 0 aromatic heterocycles. The fourth-order valence-corrected chi connectivity index (χ4v) is 3.59. The van der Waals surface area contributed by atoms with Gasteiger partial charge in [0.2, 0.25) is 0 Å². The van der Waals surface area contributed by atoms with Gasteiger partial charge in [-0.3, -0.25) is 9.69 Å². The Bertz CT molecular complexity index is 601. The first-order chi connectivity index (χ1) is 10.6. The van der Waals surface area contributed by atoms with Crippen molar-refractivity contribution < 1.29 is 14.3 Å². The second kappa shape index (κ2) is 5.63. The average molecular weight is 302 g/mol. The van der Waals surface area contributed by atoms with Crippen LogP contribution in [0, 0.1) is 5.92 Å². The summed E-state index contributed by atoms with van der Waals surface area (Å²) in [6, 6.07) is 7.20. The number of urea groups is 1. The first kappa shape index (κ1) is 14.9. The molecule has 0 bridgehead atoms. The number of methoxy groups -OCH3 is 1. The van der Waals surface area contributed by atoms with Gasteiger partial charge in [0.1, 0.15) is 11.3 Å². The van der Waals surface area contributed by atoms with E-state index in [2.05, 4.69) is 12.2 Å². The summed E-state index contributed by atoms with van der Waals surface area (Å²) in [5.74, 6) is 0.839. The van der Waals surface area contributed by atoms with Gasteiger partial charge in [0.05, 0.1) is 13.7 Å². The molecule has 3 rings (SSSR count). The molecule has 5 heteroatoms. The van der Waals surface area contributed by atoms with Crippen molar-refractivity contribution in [2.24, 2.45) is 5.92 Å². The molecule has 0 unspecified atom stereocenters. The zero-order valence-electron chi connectivity index (χ0n) is 13.1. The molecule has 22 heavy (non-hydrogen) atoms. The third-order valence-electron chi connectivity index (χ3n) is 4.98. The molecule has 1 N–H and O–H groups in total. The van der Waals surface area contributed by atoms with Gasteiger partial charge in [-0.15, -0.1) is 0 Å². The maximum atomic E-state index is 12.9. The number of benzene rings is 1. The van der Waals surface area contributed by atoms with Crippen LogP contribution in [-0.4, -0.2) is 29.5 Å². The first-order valence-electron chi connectivity index (χ1n) is 7.84. The van der Waals surface area contributed by atoms with Gasteiger partial charge in [0.25, 0.3) is 5.91 Å². The second-order valence-electron chi connectivity index (χ2n) is 6.29. The quantitative estimate of drug-likeness (QED) is 0.873. The smallest absolute Gasteiger partial charge is 0.325 e. The van der Waals surface area contributed by atoms with Gasteiger partial charge >= 0.3 is 6.03 Å². The summed E-state index contributed by atoms with van der Waals surface area (Å²) in [6.45, 7) is 2.35. The standard InChI is InChI=1S/C17H22N2O3/c1-12-6-3-4-9-17(12)15(20)19(16(21)18-17)11-13-7-5-8-14(10-13)22-2/h5,7-8,10,12H,3-4,6,9,11H2,1-2H3,(H,18,21)/t12-,17+/m0/s1. The van der Waals surface area contributed by atoms with Gasteiger partial charge < -0.3 is 10.1 Å². The maximum Gasteiger partial charge on any atom is 0.325 e. The van der Waals surface area contributed by atoms with E-state index in [1.807, 2.05) is 24.3 Å². The van der Waals surface area contributed by atoms with Crippen molar-refractivity contribution in [1.29, 1.82) is 0 Å². The van der Waals surface area contributed by atoms with E-state index in [-0.39, 0.29) is 24.4 Å². The molecule has 0 radical (unpaired) electrons. The number of hydrogen-bond acceptors (Lipinski definition) is 3. The van der Waals surface area contributed by atoms with E-state index in [1.165, 1.54) is 4.90 Å². The predicted octanol–water partition coefficient (Wildman–Crippen LogP) is 2.70. The number of nitrogens with one attached hydrogen (secondary N) is 1. The number of rotatable bonds is 3. The average Bonchev–Trinajstić information content (AvgIpc) is 2.76. The van der Waals surface area contributed by atoms with Crippen LogP contribution in [0.15, 0.2) is 24.3 Å². The minimum absolute atomic E-state index is 0.0764. The van der Waals surface area contributed by atoms with Crippen molar-refractivity contribution in [3.8, 4) is 5.75 Å². The molecule has 5 nitrogen and oxygen atoms in total. The Kier molecular flexibility index (Phi) is 3.81. The predicted molar refractivity (Wildman–Crippen MR) is 82.4 cm³/mol. The molecule has 2 fully saturated rings. The molecule has 1 saturated heterocycles. The number of ether oxygens (including phenoxy) is 1. The van der Waals surface area contributed by atoms with Crippen LogP contribution in [-0.2, 0) is 11.3 Å². The highest BCUT2D eigenvalue weighted by Crippen LogP contribution is 2.38. The molecule has 1 aliphatic heterocycles. The molecule has 2 aliphatic rings. The topological polar surface area (TPSA) is 58.6 Å².